The highest BCUT2D eigenvalue weighted by Crippen LogP contribution is 2.66. The van der Waals surface area contributed by atoms with Crippen molar-refractivity contribution in [1.29, 1.82) is 0 Å². The number of rotatable bonds is 1. The predicted octanol–water partition coefficient (Wildman–Crippen LogP) is 4.77. The SMILES string of the molecule is C[C@@H]1CC[C@H]2C(C)(C)CCC[C@]2(C)[C@@]12CC/C(=C\C(=O)O)O2. The predicted molar refractivity (Wildman–Crippen MR) is 86.4 cm³/mol. The fraction of sp³-hybridized carbons (Fsp3) is 0.842. The van der Waals surface area contributed by atoms with E-state index in [1.54, 1.807) is 0 Å². The van der Waals surface area contributed by atoms with Crippen molar-refractivity contribution in [2.75, 3.05) is 0 Å². The van der Waals surface area contributed by atoms with Gasteiger partial charge in [0.25, 0.3) is 0 Å². The minimum absolute atomic E-state index is 0.158. The normalized spacial score (nSPS) is 45.5. The summed E-state index contributed by atoms with van der Waals surface area (Å²) in [7, 11) is 0. The van der Waals surface area contributed by atoms with Gasteiger partial charge in [0.15, 0.2) is 0 Å². The molecule has 1 heterocycles. The highest BCUT2D eigenvalue weighted by Gasteiger charge is 2.64. The lowest BCUT2D eigenvalue weighted by Crippen LogP contribution is -2.61. The van der Waals surface area contributed by atoms with E-state index in [0.29, 0.717) is 23.0 Å². The lowest BCUT2D eigenvalue weighted by molar-refractivity contribution is -0.203. The molecule has 3 rings (SSSR count). The molecule has 2 saturated carbocycles. The standard InChI is InChI=1S/C19H30O3/c1-13-6-7-15-17(2,3)9-5-10-18(15,4)19(13)11-8-14(22-19)12-16(20)21/h12-13,15H,5-11H2,1-4H3,(H,20,21)/b14-12+/t13-,15+,18+,19-/m1/s1. The molecule has 3 heteroatoms. The molecular formula is C19H30O3. The lowest BCUT2D eigenvalue weighted by atomic mass is 9.44. The zero-order valence-electron chi connectivity index (χ0n) is 14.4. The molecule has 1 spiro atoms. The number of carboxylic acids is 1. The van der Waals surface area contributed by atoms with Crippen LogP contribution in [0.5, 0.6) is 0 Å². The second-order valence-electron chi connectivity index (χ2n) is 8.73. The lowest BCUT2D eigenvalue weighted by Gasteiger charge is -2.63. The van der Waals surface area contributed by atoms with Crippen molar-refractivity contribution in [1.82, 2.24) is 0 Å². The van der Waals surface area contributed by atoms with Crippen LogP contribution in [0.3, 0.4) is 0 Å². The molecular weight excluding hydrogens is 276 g/mol. The van der Waals surface area contributed by atoms with Crippen LogP contribution < -0.4 is 0 Å². The summed E-state index contributed by atoms with van der Waals surface area (Å²) in [5.41, 5.74) is 0.373. The molecule has 1 N–H and O–H groups in total. The van der Waals surface area contributed by atoms with Crippen molar-refractivity contribution < 1.29 is 14.6 Å². The number of allylic oxidation sites excluding steroid dienone is 1. The number of carboxylic acid groups (broad SMARTS) is 1. The molecule has 1 aliphatic heterocycles. The van der Waals surface area contributed by atoms with Crippen molar-refractivity contribution in [3.05, 3.63) is 11.8 Å². The maximum Gasteiger partial charge on any atom is 0.331 e. The molecule has 3 nitrogen and oxygen atoms in total. The van der Waals surface area contributed by atoms with Gasteiger partial charge in [-0.25, -0.2) is 4.79 Å². The molecule has 4 atom stereocenters. The van der Waals surface area contributed by atoms with E-state index in [-0.39, 0.29) is 11.0 Å². The topological polar surface area (TPSA) is 46.5 Å². The van der Waals surface area contributed by atoms with E-state index in [9.17, 15) is 4.79 Å². The molecule has 0 aromatic carbocycles. The van der Waals surface area contributed by atoms with Gasteiger partial charge in [-0.3, -0.25) is 0 Å². The first-order valence-corrected chi connectivity index (χ1v) is 8.84. The zero-order valence-corrected chi connectivity index (χ0v) is 14.4. The van der Waals surface area contributed by atoms with Crippen molar-refractivity contribution >= 4 is 5.97 Å². The van der Waals surface area contributed by atoms with Crippen LogP contribution in [-0.4, -0.2) is 16.7 Å². The minimum atomic E-state index is -0.888. The summed E-state index contributed by atoms with van der Waals surface area (Å²) in [5, 5.41) is 9.05. The van der Waals surface area contributed by atoms with E-state index in [1.807, 2.05) is 0 Å². The highest BCUT2D eigenvalue weighted by atomic mass is 16.5. The van der Waals surface area contributed by atoms with E-state index in [4.69, 9.17) is 9.84 Å². The van der Waals surface area contributed by atoms with Gasteiger partial charge in [-0.05, 0) is 49.4 Å². The zero-order chi connectivity index (χ0) is 16.2. The van der Waals surface area contributed by atoms with Gasteiger partial charge in [0, 0.05) is 11.8 Å². The quantitative estimate of drug-likeness (QED) is 0.710. The van der Waals surface area contributed by atoms with Gasteiger partial charge in [0.05, 0.1) is 6.08 Å². The second kappa shape index (κ2) is 5.01. The Morgan fingerprint density at radius 2 is 1.95 bits per heavy atom. The molecule has 2 aliphatic carbocycles. The molecule has 22 heavy (non-hydrogen) atoms. The average Bonchev–Trinajstić information content (AvgIpc) is 2.80. The van der Waals surface area contributed by atoms with Crippen LogP contribution in [0.25, 0.3) is 0 Å². The van der Waals surface area contributed by atoms with Gasteiger partial charge >= 0.3 is 5.97 Å². The Morgan fingerprint density at radius 1 is 1.23 bits per heavy atom. The first kappa shape index (κ1) is 15.9. The van der Waals surface area contributed by atoms with E-state index in [2.05, 4.69) is 27.7 Å². The van der Waals surface area contributed by atoms with Gasteiger partial charge in [0.2, 0.25) is 0 Å². The Labute approximate surface area is 134 Å². The number of hydrogen-bond acceptors (Lipinski definition) is 2. The summed E-state index contributed by atoms with van der Waals surface area (Å²) < 4.78 is 6.46. The monoisotopic (exact) mass is 306 g/mol. The Balaban J connectivity index is 2.00. The molecule has 0 bridgehead atoms. The molecule has 124 valence electrons. The van der Waals surface area contributed by atoms with Gasteiger partial charge in [0.1, 0.15) is 11.4 Å². The summed E-state index contributed by atoms with van der Waals surface area (Å²) in [4.78, 5) is 11.0. The Morgan fingerprint density at radius 3 is 2.64 bits per heavy atom. The average molecular weight is 306 g/mol. The number of ether oxygens (including phenoxy) is 1. The summed E-state index contributed by atoms with van der Waals surface area (Å²) in [6, 6.07) is 0. The number of aliphatic carboxylic acids is 1. The number of carbonyl (C=O) groups is 1. The van der Waals surface area contributed by atoms with Crippen molar-refractivity contribution in [2.24, 2.45) is 22.7 Å². The van der Waals surface area contributed by atoms with Crippen LogP contribution in [0.4, 0.5) is 0 Å². The van der Waals surface area contributed by atoms with E-state index in [1.165, 1.54) is 38.2 Å². The van der Waals surface area contributed by atoms with Crippen LogP contribution in [0.15, 0.2) is 11.8 Å². The molecule has 0 radical (unpaired) electrons. The fourth-order valence-corrected chi connectivity index (χ4v) is 6.18. The summed E-state index contributed by atoms with van der Waals surface area (Å²) in [5.74, 6) is 0.974. The summed E-state index contributed by atoms with van der Waals surface area (Å²) in [6.07, 6.45) is 9.30. The smallest absolute Gasteiger partial charge is 0.331 e. The van der Waals surface area contributed by atoms with Crippen LogP contribution in [-0.2, 0) is 9.53 Å². The van der Waals surface area contributed by atoms with Crippen LogP contribution in [0.1, 0.15) is 72.6 Å². The van der Waals surface area contributed by atoms with Crippen LogP contribution in [0.2, 0.25) is 0 Å². The molecule has 3 aliphatic rings. The van der Waals surface area contributed by atoms with Crippen LogP contribution >= 0.6 is 0 Å². The Hall–Kier alpha value is -0.990. The largest absolute Gasteiger partial charge is 0.490 e. The third-order valence-electron chi connectivity index (χ3n) is 7.22. The Bertz CT molecular complexity index is 507. The van der Waals surface area contributed by atoms with E-state index >= 15 is 0 Å². The molecule has 3 fully saturated rings. The van der Waals surface area contributed by atoms with E-state index in [0.717, 1.165) is 12.8 Å². The first-order valence-electron chi connectivity index (χ1n) is 8.84. The van der Waals surface area contributed by atoms with Gasteiger partial charge in [-0.2, -0.15) is 0 Å². The fourth-order valence-electron chi connectivity index (χ4n) is 6.18. The summed E-state index contributed by atoms with van der Waals surface area (Å²) >= 11 is 0. The van der Waals surface area contributed by atoms with Gasteiger partial charge < -0.3 is 9.84 Å². The first-order chi connectivity index (χ1) is 10.2. The third kappa shape index (κ3) is 2.11. The van der Waals surface area contributed by atoms with Crippen LogP contribution in [0, 0.1) is 22.7 Å². The molecule has 0 aromatic rings. The molecule has 0 unspecified atom stereocenters. The number of hydrogen-bond donors (Lipinski definition) is 1. The van der Waals surface area contributed by atoms with E-state index < -0.39 is 5.97 Å². The number of fused-ring (bicyclic) bond motifs is 2. The summed E-state index contributed by atoms with van der Waals surface area (Å²) in [6.45, 7) is 9.58. The molecule has 0 aromatic heterocycles. The molecule has 1 saturated heterocycles. The maximum absolute atomic E-state index is 11.0. The second-order valence-corrected chi connectivity index (χ2v) is 8.73. The van der Waals surface area contributed by atoms with Gasteiger partial charge in [-0.1, -0.05) is 34.1 Å². The van der Waals surface area contributed by atoms with Crippen molar-refractivity contribution in [2.45, 2.75) is 78.2 Å². The third-order valence-corrected chi connectivity index (χ3v) is 7.22. The van der Waals surface area contributed by atoms with Gasteiger partial charge in [-0.15, -0.1) is 0 Å². The minimum Gasteiger partial charge on any atom is -0.490 e. The molecule has 0 amide bonds. The van der Waals surface area contributed by atoms with Crippen molar-refractivity contribution in [3.8, 4) is 0 Å². The highest BCUT2D eigenvalue weighted by molar-refractivity contribution is 5.80. The maximum atomic E-state index is 11.0. The van der Waals surface area contributed by atoms with Crippen molar-refractivity contribution in [3.63, 3.8) is 0 Å². The Kier molecular flexibility index (Phi) is 3.61.